The van der Waals surface area contributed by atoms with Gasteiger partial charge in [-0.25, -0.2) is 0 Å². The number of carbonyl (C=O) groups is 2. The molecule has 0 unspecified atom stereocenters. The minimum absolute atomic E-state index is 0.255. The highest BCUT2D eigenvalue weighted by Crippen LogP contribution is 2.27. The molecule has 0 saturated carbocycles. The molecule has 0 radical (unpaired) electrons. The molecule has 8 heteroatoms. The fourth-order valence-corrected chi connectivity index (χ4v) is 2.70. The van der Waals surface area contributed by atoms with Gasteiger partial charge in [0.2, 0.25) is 0 Å². The lowest BCUT2D eigenvalue weighted by Crippen LogP contribution is -2.45. The first-order valence-electron chi connectivity index (χ1n) is 7.71. The molecule has 2 N–H and O–H groups in total. The predicted octanol–water partition coefficient (Wildman–Crippen LogP) is 3.22. The van der Waals surface area contributed by atoms with Crippen molar-refractivity contribution in [2.75, 3.05) is 13.2 Å². The number of halogens is 2. The second-order valence-corrected chi connectivity index (χ2v) is 6.32. The lowest BCUT2D eigenvalue weighted by Gasteiger charge is -2.13. The van der Waals surface area contributed by atoms with Crippen LogP contribution in [0.15, 0.2) is 36.4 Å². The molecule has 0 heterocycles. The van der Waals surface area contributed by atoms with Crippen LogP contribution in [0.5, 0.6) is 11.5 Å². The van der Waals surface area contributed by atoms with Crippen LogP contribution >= 0.6 is 23.2 Å². The smallest absolute Gasteiger partial charge is 0.276 e. The molecular formula is C18H18Cl2N2O4. The Hall–Kier alpha value is -2.44. The first kappa shape index (κ1) is 19.9. The molecule has 2 aromatic rings. The lowest BCUT2D eigenvalue weighted by atomic mass is 10.1. The van der Waals surface area contributed by atoms with Crippen LogP contribution in [0, 0.1) is 13.8 Å². The number of hydrogen-bond acceptors (Lipinski definition) is 4. The second kappa shape index (κ2) is 9.31. The molecule has 0 fully saturated rings. The Bertz CT molecular complexity index is 789. The summed E-state index contributed by atoms with van der Waals surface area (Å²) in [5.74, 6) is -0.0763. The van der Waals surface area contributed by atoms with Crippen molar-refractivity contribution < 1.29 is 19.1 Å². The largest absolute Gasteiger partial charge is 0.483 e. The highest BCUT2D eigenvalue weighted by Gasteiger charge is 2.10. The minimum Gasteiger partial charge on any atom is -0.483 e. The summed E-state index contributed by atoms with van der Waals surface area (Å²) in [6.45, 7) is 3.12. The summed E-state index contributed by atoms with van der Waals surface area (Å²) in [4.78, 5) is 23.5. The zero-order valence-corrected chi connectivity index (χ0v) is 15.8. The Balaban J connectivity index is 1.75. The molecule has 0 aliphatic heterocycles. The van der Waals surface area contributed by atoms with Gasteiger partial charge in [-0.15, -0.1) is 0 Å². The van der Waals surface area contributed by atoms with E-state index in [1.54, 1.807) is 36.4 Å². The summed E-state index contributed by atoms with van der Waals surface area (Å²) >= 11 is 11.9. The number of para-hydroxylation sites is 1. The monoisotopic (exact) mass is 396 g/mol. The zero-order valence-electron chi connectivity index (χ0n) is 14.3. The van der Waals surface area contributed by atoms with Gasteiger partial charge in [-0.1, -0.05) is 35.3 Å². The highest BCUT2D eigenvalue weighted by atomic mass is 35.5. The Morgan fingerprint density at radius 3 is 2.04 bits per heavy atom. The maximum absolute atomic E-state index is 11.8. The number of rotatable bonds is 6. The molecule has 2 rings (SSSR count). The van der Waals surface area contributed by atoms with Gasteiger partial charge < -0.3 is 9.47 Å². The van der Waals surface area contributed by atoms with Crippen molar-refractivity contribution in [1.82, 2.24) is 10.9 Å². The first-order valence-corrected chi connectivity index (χ1v) is 8.47. The standard InChI is InChI=1S/C18H18Cl2N2O4/c1-11-7-13(19)8-12(2)18(11)26-10-17(24)22-21-16(23)9-25-15-6-4-3-5-14(15)20/h3-8H,9-10H2,1-2H3,(H,21,23)(H,22,24). The molecular weight excluding hydrogens is 379 g/mol. The molecule has 0 aliphatic carbocycles. The van der Waals surface area contributed by atoms with E-state index in [0.29, 0.717) is 21.5 Å². The maximum Gasteiger partial charge on any atom is 0.276 e. The van der Waals surface area contributed by atoms with Gasteiger partial charge in [-0.05, 0) is 49.2 Å². The fraction of sp³-hybridized carbons (Fsp3) is 0.222. The Labute approximate surface area is 161 Å². The number of hydrazine groups is 1. The van der Waals surface area contributed by atoms with E-state index in [1.165, 1.54) is 0 Å². The molecule has 2 amide bonds. The number of nitrogens with one attached hydrogen (secondary N) is 2. The molecule has 0 atom stereocenters. The molecule has 26 heavy (non-hydrogen) atoms. The van der Waals surface area contributed by atoms with Crippen molar-refractivity contribution >= 4 is 35.0 Å². The van der Waals surface area contributed by atoms with E-state index < -0.39 is 11.8 Å². The third kappa shape index (κ3) is 5.82. The van der Waals surface area contributed by atoms with Crippen LogP contribution in [-0.4, -0.2) is 25.0 Å². The van der Waals surface area contributed by atoms with Crippen LogP contribution in [0.4, 0.5) is 0 Å². The van der Waals surface area contributed by atoms with Crippen LogP contribution in [-0.2, 0) is 9.59 Å². The van der Waals surface area contributed by atoms with Gasteiger partial charge in [0.05, 0.1) is 5.02 Å². The Morgan fingerprint density at radius 1 is 0.923 bits per heavy atom. The van der Waals surface area contributed by atoms with Gasteiger partial charge in [-0.3, -0.25) is 20.4 Å². The summed E-state index contributed by atoms with van der Waals surface area (Å²) in [5.41, 5.74) is 6.13. The molecule has 0 bridgehead atoms. The van der Waals surface area contributed by atoms with Crippen LogP contribution < -0.4 is 20.3 Å². The van der Waals surface area contributed by atoms with E-state index in [2.05, 4.69) is 10.9 Å². The van der Waals surface area contributed by atoms with Crippen LogP contribution in [0.3, 0.4) is 0 Å². The molecule has 0 saturated heterocycles. The molecule has 0 aliphatic rings. The fourth-order valence-electron chi connectivity index (χ4n) is 2.18. The van der Waals surface area contributed by atoms with E-state index in [4.69, 9.17) is 32.7 Å². The minimum atomic E-state index is -0.530. The quantitative estimate of drug-likeness (QED) is 0.734. The number of aryl methyl sites for hydroxylation is 2. The topological polar surface area (TPSA) is 76.7 Å². The van der Waals surface area contributed by atoms with E-state index in [0.717, 1.165) is 11.1 Å². The van der Waals surface area contributed by atoms with E-state index >= 15 is 0 Å². The number of amides is 2. The first-order chi connectivity index (χ1) is 12.4. The van der Waals surface area contributed by atoms with Crippen LogP contribution in [0.25, 0.3) is 0 Å². The molecule has 6 nitrogen and oxygen atoms in total. The SMILES string of the molecule is Cc1cc(Cl)cc(C)c1OCC(=O)NNC(=O)COc1ccccc1Cl. The van der Waals surface area contributed by atoms with Gasteiger partial charge in [0.25, 0.3) is 11.8 Å². The third-order valence-electron chi connectivity index (χ3n) is 3.31. The number of ether oxygens (including phenoxy) is 2. The highest BCUT2D eigenvalue weighted by molar-refractivity contribution is 6.32. The third-order valence-corrected chi connectivity index (χ3v) is 3.84. The summed E-state index contributed by atoms with van der Waals surface area (Å²) in [7, 11) is 0. The average Bonchev–Trinajstić information content (AvgIpc) is 2.58. The van der Waals surface area contributed by atoms with Gasteiger partial charge >= 0.3 is 0 Å². The Kier molecular flexibility index (Phi) is 7.12. The molecule has 0 spiro atoms. The van der Waals surface area contributed by atoms with E-state index in [9.17, 15) is 9.59 Å². The molecule has 2 aromatic carbocycles. The summed E-state index contributed by atoms with van der Waals surface area (Å²) in [6, 6.07) is 10.3. The molecule has 0 aromatic heterocycles. The summed E-state index contributed by atoms with van der Waals surface area (Å²) < 4.78 is 10.8. The number of hydrogen-bond donors (Lipinski definition) is 2. The zero-order chi connectivity index (χ0) is 19.1. The maximum atomic E-state index is 11.8. The predicted molar refractivity (Wildman–Crippen MR) is 99.7 cm³/mol. The van der Waals surface area contributed by atoms with E-state index in [1.807, 2.05) is 13.8 Å². The van der Waals surface area contributed by atoms with E-state index in [-0.39, 0.29) is 13.2 Å². The summed E-state index contributed by atoms with van der Waals surface area (Å²) in [5, 5.41) is 0.994. The second-order valence-electron chi connectivity index (χ2n) is 5.47. The van der Waals surface area contributed by atoms with Gasteiger partial charge in [0.15, 0.2) is 13.2 Å². The Morgan fingerprint density at radius 2 is 1.46 bits per heavy atom. The van der Waals surface area contributed by atoms with Crippen molar-refractivity contribution in [2.45, 2.75) is 13.8 Å². The normalized spacial score (nSPS) is 10.2. The van der Waals surface area contributed by atoms with Crippen LogP contribution in [0.2, 0.25) is 10.0 Å². The van der Waals surface area contributed by atoms with Crippen molar-refractivity contribution in [3.05, 3.63) is 57.6 Å². The number of benzene rings is 2. The van der Waals surface area contributed by atoms with Crippen molar-refractivity contribution in [2.24, 2.45) is 0 Å². The van der Waals surface area contributed by atoms with Gasteiger partial charge in [0, 0.05) is 5.02 Å². The average molecular weight is 397 g/mol. The van der Waals surface area contributed by atoms with Gasteiger partial charge in [0.1, 0.15) is 11.5 Å². The lowest BCUT2D eigenvalue weighted by molar-refractivity contribution is -0.131. The number of carbonyl (C=O) groups excluding carboxylic acids is 2. The van der Waals surface area contributed by atoms with Crippen molar-refractivity contribution in [3.63, 3.8) is 0 Å². The molecule has 138 valence electrons. The van der Waals surface area contributed by atoms with Crippen LogP contribution in [0.1, 0.15) is 11.1 Å². The van der Waals surface area contributed by atoms with Gasteiger partial charge in [-0.2, -0.15) is 0 Å². The van der Waals surface area contributed by atoms with Crippen molar-refractivity contribution in [1.29, 1.82) is 0 Å². The summed E-state index contributed by atoms with van der Waals surface area (Å²) in [6.07, 6.45) is 0. The van der Waals surface area contributed by atoms with Crippen molar-refractivity contribution in [3.8, 4) is 11.5 Å².